The Morgan fingerprint density at radius 1 is 1.14 bits per heavy atom. The third kappa shape index (κ3) is 3.34. The first kappa shape index (κ1) is 15.3. The Labute approximate surface area is 129 Å². The van der Waals surface area contributed by atoms with Crippen molar-refractivity contribution in [1.29, 1.82) is 0 Å². The number of carbonyl (C=O) groups is 1. The van der Waals surface area contributed by atoms with Gasteiger partial charge in [-0.25, -0.2) is 8.78 Å². The number of rotatable bonds is 3. The van der Waals surface area contributed by atoms with E-state index >= 15 is 0 Å². The van der Waals surface area contributed by atoms with E-state index in [0.29, 0.717) is 0 Å². The summed E-state index contributed by atoms with van der Waals surface area (Å²) in [5.41, 5.74) is 5.62. The highest BCUT2D eigenvalue weighted by molar-refractivity contribution is 7.80. The molecule has 0 aliphatic carbocycles. The predicted molar refractivity (Wildman–Crippen MR) is 81.7 cm³/mol. The Bertz CT molecular complexity index is 737. The van der Waals surface area contributed by atoms with Crippen molar-refractivity contribution < 1.29 is 13.6 Å². The minimum atomic E-state index is -0.702. The highest BCUT2D eigenvalue weighted by Gasteiger charge is 2.14. The first-order valence-electron chi connectivity index (χ1n) is 5.75. The van der Waals surface area contributed by atoms with Gasteiger partial charge in [0.25, 0.3) is 5.91 Å². The van der Waals surface area contributed by atoms with Gasteiger partial charge in [-0.1, -0.05) is 29.9 Å². The van der Waals surface area contributed by atoms with Crippen LogP contribution < -0.4 is 11.1 Å². The Morgan fingerprint density at radius 3 is 2.52 bits per heavy atom. The SMILES string of the molecule is NC(=S)c1cc(NC(=O)c2cccc(F)c2Cl)ccc1F. The molecule has 3 nitrogen and oxygen atoms in total. The van der Waals surface area contributed by atoms with E-state index in [0.717, 1.165) is 12.1 Å². The monoisotopic (exact) mass is 326 g/mol. The van der Waals surface area contributed by atoms with Crippen LogP contribution in [0.2, 0.25) is 5.02 Å². The molecule has 2 rings (SSSR count). The molecule has 3 N–H and O–H groups in total. The van der Waals surface area contributed by atoms with Crippen LogP contribution in [-0.4, -0.2) is 10.9 Å². The second-order valence-electron chi connectivity index (χ2n) is 4.11. The zero-order chi connectivity index (χ0) is 15.6. The van der Waals surface area contributed by atoms with Crippen LogP contribution in [0.4, 0.5) is 14.5 Å². The molecule has 0 aliphatic rings. The normalized spacial score (nSPS) is 10.2. The van der Waals surface area contributed by atoms with Crippen molar-refractivity contribution in [2.24, 2.45) is 5.73 Å². The molecule has 0 unspecified atom stereocenters. The molecule has 7 heteroatoms. The van der Waals surface area contributed by atoms with Gasteiger partial charge in [0.15, 0.2) is 0 Å². The van der Waals surface area contributed by atoms with E-state index in [1.807, 2.05) is 0 Å². The Morgan fingerprint density at radius 2 is 1.86 bits per heavy atom. The van der Waals surface area contributed by atoms with Gasteiger partial charge in [0.1, 0.15) is 16.6 Å². The molecular weight excluding hydrogens is 318 g/mol. The summed E-state index contributed by atoms with van der Waals surface area (Å²) in [6.07, 6.45) is 0. The highest BCUT2D eigenvalue weighted by Crippen LogP contribution is 2.21. The third-order valence-corrected chi connectivity index (χ3v) is 3.29. The number of anilines is 1. The van der Waals surface area contributed by atoms with Gasteiger partial charge in [-0.15, -0.1) is 0 Å². The Balaban J connectivity index is 2.30. The van der Waals surface area contributed by atoms with E-state index in [-0.39, 0.29) is 26.8 Å². The molecule has 1 amide bonds. The lowest BCUT2D eigenvalue weighted by Gasteiger charge is -2.09. The average molecular weight is 327 g/mol. The second kappa shape index (κ2) is 6.15. The van der Waals surface area contributed by atoms with E-state index < -0.39 is 17.5 Å². The van der Waals surface area contributed by atoms with Gasteiger partial charge in [-0.2, -0.15) is 0 Å². The summed E-state index contributed by atoms with van der Waals surface area (Å²) in [5.74, 6) is -1.92. The van der Waals surface area contributed by atoms with Gasteiger partial charge >= 0.3 is 0 Å². The van der Waals surface area contributed by atoms with Gasteiger partial charge in [0, 0.05) is 11.3 Å². The van der Waals surface area contributed by atoms with E-state index in [4.69, 9.17) is 29.6 Å². The summed E-state index contributed by atoms with van der Waals surface area (Å²) in [4.78, 5) is 11.9. The molecule has 0 heterocycles. The van der Waals surface area contributed by atoms with E-state index in [1.54, 1.807) is 0 Å². The average Bonchev–Trinajstić information content (AvgIpc) is 2.43. The number of hydrogen-bond donors (Lipinski definition) is 2. The van der Waals surface area contributed by atoms with Crippen LogP contribution in [0, 0.1) is 11.6 Å². The lowest BCUT2D eigenvalue weighted by molar-refractivity contribution is 0.102. The number of nitrogens with one attached hydrogen (secondary N) is 1. The maximum Gasteiger partial charge on any atom is 0.257 e. The number of carbonyl (C=O) groups excluding carboxylic acids is 1. The summed E-state index contributed by atoms with van der Waals surface area (Å²) in [6.45, 7) is 0. The summed E-state index contributed by atoms with van der Waals surface area (Å²) in [6, 6.07) is 7.63. The van der Waals surface area contributed by atoms with Crippen LogP contribution in [0.15, 0.2) is 36.4 Å². The molecule has 2 aromatic carbocycles. The molecule has 0 saturated carbocycles. The van der Waals surface area contributed by atoms with Crippen LogP contribution in [0.5, 0.6) is 0 Å². The molecule has 0 radical (unpaired) electrons. The summed E-state index contributed by atoms with van der Waals surface area (Å²) < 4.78 is 26.8. The van der Waals surface area contributed by atoms with Crippen molar-refractivity contribution >= 4 is 40.4 Å². The zero-order valence-electron chi connectivity index (χ0n) is 10.5. The standard InChI is InChI=1S/C14H9ClF2N2OS/c15-12-8(2-1-3-11(12)17)14(20)19-7-4-5-10(16)9(6-7)13(18)21/h1-6H,(H2,18,21)(H,19,20). The minimum Gasteiger partial charge on any atom is -0.389 e. The van der Waals surface area contributed by atoms with Crippen LogP contribution in [0.1, 0.15) is 15.9 Å². The lowest BCUT2D eigenvalue weighted by Crippen LogP contribution is -2.15. The molecule has 0 bridgehead atoms. The number of thiocarbonyl (C=S) groups is 1. The number of benzene rings is 2. The molecule has 0 atom stereocenters. The molecule has 0 aliphatic heterocycles. The van der Waals surface area contributed by atoms with Crippen LogP contribution in [0.3, 0.4) is 0 Å². The van der Waals surface area contributed by atoms with Gasteiger partial charge in [0.2, 0.25) is 0 Å². The van der Waals surface area contributed by atoms with Crippen molar-refractivity contribution in [3.8, 4) is 0 Å². The highest BCUT2D eigenvalue weighted by atomic mass is 35.5. The van der Waals surface area contributed by atoms with E-state index in [2.05, 4.69) is 5.32 Å². The topological polar surface area (TPSA) is 55.1 Å². The smallest absolute Gasteiger partial charge is 0.257 e. The molecule has 2 aromatic rings. The summed E-state index contributed by atoms with van der Waals surface area (Å²) >= 11 is 10.4. The number of amides is 1. The van der Waals surface area contributed by atoms with Crippen molar-refractivity contribution in [2.75, 3.05) is 5.32 Å². The Hall–Kier alpha value is -2.05. The van der Waals surface area contributed by atoms with Gasteiger partial charge in [-0.05, 0) is 30.3 Å². The fraction of sp³-hybridized carbons (Fsp3) is 0. The molecule has 0 aromatic heterocycles. The van der Waals surface area contributed by atoms with Gasteiger partial charge < -0.3 is 11.1 Å². The zero-order valence-corrected chi connectivity index (χ0v) is 12.1. The number of hydrogen-bond acceptors (Lipinski definition) is 2. The predicted octanol–water partition coefficient (Wildman–Crippen LogP) is 3.50. The maximum atomic E-state index is 13.4. The second-order valence-corrected chi connectivity index (χ2v) is 4.93. The van der Waals surface area contributed by atoms with Gasteiger partial charge in [-0.3, -0.25) is 4.79 Å². The molecular formula is C14H9ClF2N2OS. The summed E-state index contributed by atoms with van der Waals surface area (Å²) in [7, 11) is 0. The number of halogens is 3. The van der Waals surface area contributed by atoms with Crippen molar-refractivity contribution in [3.05, 3.63) is 64.2 Å². The molecule has 0 fully saturated rings. The number of nitrogens with two attached hydrogens (primary N) is 1. The summed E-state index contributed by atoms with van der Waals surface area (Å²) in [5, 5.41) is 2.19. The van der Waals surface area contributed by atoms with Crippen molar-refractivity contribution in [3.63, 3.8) is 0 Å². The molecule has 0 spiro atoms. The van der Waals surface area contributed by atoms with Crippen molar-refractivity contribution in [2.45, 2.75) is 0 Å². The lowest BCUT2D eigenvalue weighted by atomic mass is 10.1. The first-order valence-corrected chi connectivity index (χ1v) is 6.53. The fourth-order valence-electron chi connectivity index (χ4n) is 1.67. The largest absolute Gasteiger partial charge is 0.389 e. The molecule has 21 heavy (non-hydrogen) atoms. The van der Waals surface area contributed by atoms with E-state index in [9.17, 15) is 13.6 Å². The minimum absolute atomic E-state index is 0.00754. The first-order chi connectivity index (χ1) is 9.90. The van der Waals surface area contributed by atoms with Gasteiger partial charge in [0.05, 0.1) is 10.6 Å². The quantitative estimate of drug-likeness (QED) is 0.849. The molecule has 0 saturated heterocycles. The van der Waals surface area contributed by atoms with Crippen LogP contribution in [-0.2, 0) is 0 Å². The van der Waals surface area contributed by atoms with E-state index in [1.165, 1.54) is 24.3 Å². The van der Waals surface area contributed by atoms with Crippen molar-refractivity contribution in [1.82, 2.24) is 0 Å². The Kier molecular flexibility index (Phi) is 4.50. The fourth-order valence-corrected chi connectivity index (χ4v) is 2.04. The van der Waals surface area contributed by atoms with Crippen LogP contribution in [0.25, 0.3) is 0 Å². The van der Waals surface area contributed by atoms with Crippen LogP contribution >= 0.6 is 23.8 Å². The third-order valence-electron chi connectivity index (χ3n) is 2.69. The maximum absolute atomic E-state index is 13.4. The molecule has 108 valence electrons.